The summed E-state index contributed by atoms with van der Waals surface area (Å²) in [5, 5.41) is 10.1. The maximum absolute atomic E-state index is 9.93. The van der Waals surface area contributed by atoms with Gasteiger partial charge in [-0.2, -0.15) is 0 Å². The van der Waals surface area contributed by atoms with Gasteiger partial charge in [0.1, 0.15) is 6.10 Å². The third kappa shape index (κ3) is 1.45. The molecule has 0 saturated carbocycles. The predicted molar refractivity (Wildman–Crippen MR) is 51.2 cm³/mol. The third-order valence-corrected chi connectivity index (χ3v) is 2.44. The van der Waals surface area contributed by atoms with Crippen molar-refractivity contribution in [3.8, 4) is 0 Å². The van der Waals surface area contributed by atoms with Crippen molar-refractivity contribution in [3.05, 3.63) is 46.8 Å². The first-order valence-electron chi connectivity index (χ1n) is 4.14. The van der Waals surface area contributed by atoms with Gasteiger partial charge in [-0.05, 0) is 30.2 Å². The SMILES string of the molecule is Cc1cocc1C(O)c1ccoc1Cl. The van der Waals surface area contributed by atoms with Crippen molar-refractivity contribution in [2.45, 2.75) is 13.0 Å². The highest BCUT2D eigenvalue weighted by Gasteiger charge is 2.19. The van der Waals surface area contributed by atoms with Crippen molar-refractivity contribution in [3.63, 3.8) is 0 Å². The van der Waals surface area contributed by atoms with E-state index in [0.29, 0.717) is 11.1 Å². The molecule has 2 aromatic rings. The summed E-state index contributed by atoms with van der Waals surface area (Å²) in [5.74, 6) is 0. The van der Waals surface area contributed by atoms with Crippen LogP contribution < -0.4 is 0 Å². The van der Waals surface area contributed by atoms with Crippen LogP contribution in [0.15, 0.2) is 33.7 Å². The maximum atomic E-state index is 9.93. The Hall–Kier alpha value is -1.19. The summed E-state index contributed by atoms with van der Waals surface area (Å²) in [6.07, 6.45) is 3.73. The summed E-state index contributed by atoms with van der Waals surface area (Å²) in [6, 6.07) is 1.64. The third-order valence-electron chi connectivity index (χ3n) is 2.13. The molecule has 4 heteroatoms. The van der Waals surface area contributed by atoms with Crippen LogP contribution in [0, 0.1) is 6.92 Å². The van der Waals surface area contributed by atoms with Crippen LogP contribution in [-0.2, 0) is 0 Å². The van der Waals surface area contributed by atoms with Gasteiger partial charge in [0.05, 0.1) is 18.8 Å². The van der Waals surface area contributed by atoms with Crippen LogP contribution in [-0.4, -0.2) is 5.11 Å². The molecule has 0 amide bonds. The van der Waals surface area contributed by atoms with Crippen molar-refractivity contribution in [1.82, 2.24) is 0 Å². The Morgan fingerprint density at radius 3 is 2.64 bits per heavy atom. The molecule has 2 aromatic heterocycles. The van der Waals surface area contributed by atoms with Gasteiger partial charge in [0.2, 0.25) is 0 Å². The van der Waals surface area contributed by atoms with E-state index in [4.69, 9.17) is 20.4 Å². The van der Waals surface area contributed by atoms with E-state index in [9.17, 15) is 5.11 Å². The second kappa shape index (κ2) is 3.52. The summed E-state index contributed by atoms with van der Waals surface area (Å²) >= 11 is 5.75. The van der Waals surface area contributed by atoms with Crippen molar-refractivity contribution in [1.29, 1.82) is 0 Å². The Balaban J connectivity index is 2.38. The first kappa shape index (κ1) is 9.37. The maximum Gasteiger partial charge on any atom is 0.199 e. The quantitative estimate of drug-likeness (QED) is 0.833. The molecule has 0 aliphatic rings. The van der Waals surface area contributed by atoms with Gasteiger partial charge in [-0.3, -0.25) is 0 Å². The lowest BCUT2D eigenvalue weighted by atomic mass is 10.0. The number of rotatable bonds is 2. The molecular weight excluding hydrogens is 204 g/mol. The topological polar surface area (TPSA) is 46.5 Å². The number of aliphatic hydroxyl groups excluding tert-OH is 1. The summed E-state index contributed by atoms with van der Waals surface area (Å²) in [4.78, 5) is 0. The van der Waals surface area contributed by atoms with Gasteiger partial charge in [0.15, 0.2) is 5.22 Å². The Morgan fingerprint density at radius 2 is 2.14 bits per heavy atom. The fourth-order valence-electron chi connectivity index (χ4n) is 1.32. The molecule has 0 spiro atoms. The largest absolute Gasteiger partial charge is 0.472 e. The van der Waals surface area contributed by atoms with Crippen LogP contribution in [0.1, 0.15) is 22.8 Å². The van der Waals surface area contributed by atoms with Gasteiger partial charge < -0.3 is 13.9 Å². The van der Waals surface area contributed by atoms with Crippen LogP contribution >= 0.6 is 11.6 Å². The standard InChI is InChI=1S/C10H9ClO3/c1-6-4-13-5-8(6)9(12)7-2-3-14-10(7)11/h2-5,9,12H,1H3. The molecule has 0 saturated heterocycles. The molecule has 1 N–H and O–H groups in total. The van der Waals surface area contributed by atoms with Crippen LogP contribution in [0.5, 0.6) is 0 Å². The van der Waals surface area contributed by atoms with Gasteiger partial charge in [-0.1, -0.05) is 0 Å². The molecule has 2 rings (SSSR count). The Bertz CT molecular complexity index is 390. The number of furan rings is 2. The normalized spacial score (nSPS) is 13.1. The summed E-state index contributed by atoms with van der Waals surface area (Å²) in [7, 11) is 0. The molecule has 0 fully saturated rings. The molecule has 0 aliphatic carbocycles. The molecule has 0 radical (unpaired) electrons. The van der Waals surface area contributed by atoms with E-state index < -0.39 is 6.10 Å². The van der Waals surface area contributed by atoms with Crippen LogP contribution in [0.4, 0.5) is 0 Å². The molecule has 0 aromatic carbocycles. The molecule has 1 atom stereocenters. The fraction of sp³-hybridized carbons (Fsp3) is 0.200. The molecule has 1 unspecified atom stereocenters. The predicted octanol–water partition coefficient (Wildman–Crippen LogP) is 2.92. The summed E-state index contributed by atoms with van der Waals surface area (Å²) < 4.78 is 9.87. The zero-order valence-corrected chi connectivity index (χ0v) is 8.28. The average molecular weight is 213 g/mol. The Kier molecular flexibility index (Phi) is 2.35. The van der Waals surface area contributed by atoms with E-state index in [1.165, 1.54) is 12.5 Å². The first-order chi connectivity index (χ1) is 6.70. The number of hydrogen-bond acceptors (Lipinski definition) is 3. The minimum atomic E-state index is -0.792. The van der Waals surface area contributed by atoms with E-state index >= 15 is 0 Å². The van der Waals surface area contributed by atoms with E-state index in [-0.39, 0.29) is 5.22 Å². The van der Waals surface area contributed by atoms with E-state index in [2.05, 4.69) is 0 Å². The lowest BCUT2D eigenvalue weighted by molar-refractivity contribution is 0.217. The lowest BCUT2D eigenvalue weighted by Crippen LogP contribution is -1.98. The van der Waals surface area contributed by atoms with Gasteiger partial charge >= 0.3 is 0 Å². The van der Waals surface area contributed by atoms with E-state index in [0.717, 1.165) is 5.56 Å². The zero-order valence-electron chi connectivity index (χ0n) is 7.53. The highest BCUT2D eigenvalue weighted by Crippen LogP contribution is 2.30. The second-order valence-corrected chi connectivity index (χ2v) is 3.41. The summed E-state index contributed by atoms with van der Waals surface area (Å²) in [5.41, 5.74) is 2.14. The highest BCUT2D eigenvalue weighted by molar-refractivity contribution is 6.29. The summed E-state index contributed by atoms with van der Waals surface area (Å²) in [6.45, 7) is 1.86. The number of halogens is 1. The first-order valence-corrected chi connectivity index (χ1v) is 4.51. The second-order valence-electron chi connectivity index (χ2n) is 3.06. The van der Waals surface area contributed by atoms with Gasteiger partial charge in [0, 0.05) is 11.1 Å². The van der Waals surface area contributed by atoms with Gasteiger partial charge in [-0.25, -0.2) is 0 Å². The Morgan fingerprint density at radius 1 is 1.36 bits per heavy atom. The molecule has 2 heterocycles. The monoisotopic (exact) mass is 212 g/mol. The van der Waals surface area contributed by atoms with Crippen LogP contribution in [0.3, 0.4) is 0 Å². The minimum Gasteiger partial charge on any atom is -0.472 e. The van der Waals surface area contributed by atoms with Crippen molar-refractivity contribution in [2.24, 2.45) is 0 Å². The zero-order chi connectivity index (χ0) is 10.1. The molecule has 14 heavy (non-hydrogen) atoms. The number of hydrogen-bond donors (Lipinski definition) is 1. The molecule has 74 valence electrons. The smallest absolute Gasteiger partial charge is 0.199 e. The van der Waals surface area contributed by atoms with E-state index in [1.54, 1.807) is 12.3 Å². The molecule has 0 bridgehead atoms. The van der Waals surface area contributed by atoms with Crippen molar-refractivity contribution >= 4 is 11.6 Å². The molecular formula is C10H9ClO3. The number of aliphatic hydroxyl groups is 1. The fourth-order valence-corrected chi connectivity index (χ4v) is 1.54. The average Bonchev–Trinajstić information content (AvgIpc) is 2.73. The lowest BCUT2D eigenvalue weighted by Gasteiger charge is -2.06. The highest BCUT2D eigenvalue weighted by atomic mass is 35.5. The van der Waals surface area contributed by atoms with Gasteiger partial charge in [-0.15, -0.1) is 0 Å². The minimum absolute atomic E-state index is 0.207. The van der Waals surface area contributed by atoms with Gasteiger partial charge in [0.25, 0.3) is 0 Å². The van der Waals surface area contributed by atoms with Crippen molar-refractivity contribution < 1.29 is 13.9 Å². The molecule has 0 aliphatic heterocycles. The Labute approximate surface area is 85.9 Å². The number of aryl methyl sites for hydroxylation is 1. The van der Waals surface area contributed by atoms with Crippen LogP contribution in [0.25, 0.3) is 0 Å². The van der Waals surface area contributed by atoms with Crippen LogP contribution in [0.2, 0.25) is 5.22 Å². The van der Waals surface area contributed by atoms with Crippen molar-refractivity contribution in [2.75, 3.05) is 0 Å². The molecule has 3 nitrogen and oxygen atoms in total. The van der Waals surface area contributed by atoms with E-state index in [1.807, 2.05) is 6.92 Å².